The van der Waals surface area contributed by atoms with Crippen LogP contribution in [0.5, 0.6) is 5.75 Å². The Balaban J connectivity index is 1.42. The molecule has 720 valence electrons. The Bertz CT molecular complexity index is 4780. The Labute approximate surface area is 774 Å². The smallest absolute Gasteiger partial charge is 0.243 e. The largest absolute Gasteiger partial charge is 0.508 e. The van der Waals surface area contributed by atoms with Gasteiger partial charge in [0.15, 0.2) is 23.7 Å². The number of primary amides is 4. The van der Waals surface area contributed by atoms with E-state index in [2.05, 4.69) is 79.8 Å². The van der Waals surface area contributed by atoms with Crippen LogP contribution in [0, 0.1) is 28.1 Å². The van der Waals surface area contributed by atoms with E-state index in [-0.39, 0.29) is 121 Å². The number of rotatable bonds is 61. The number of nitrogens with one attached hydrogen (secondary N) is 18. The molecule has 5 aromatic rings. The van der Waals surface area contributed by atoms with Gasteiger partial charge in [-0.05, 0) is 110 Å². The normalized spacial score (nSPS) is 13.6. The minimum atomic E-state index is -1.88. The first kappa shape index (κ1) is 109. The quantitative estimate of drug-likeness (QED) is 0.0100. The van der Waals surface area contributed by atoms with Crippen molar-refractivity contribution in [3.05, 3.63) is 173 Å². The van der Waals surface area contributed by atoms with E-state index in [1.807, 2.05) is 0 Å². The molecule has 0 fully saturated rings. The van der Waals surface area contributed by atoms with E-state index in [1.165, 1.54) is 24.3 Å². The van der Waals surface area contributed by atoms with Crippen LogP contribution in [0.4, 0.5) is 0 Å². The summed E-state index contributed by atoms with van der Waals surface area (Å²) in [5.74, 6) is -20.4. The molecule has 5 rings (SSSR count). The molecule has 0 aliphatic rings. The van der Waals surface area contributed by atoms with Crippen LogP contribution in [0.1, 0.15) is 126 Å². The minimum Gasteiger partial charge on any atom is -0.508 e. The van der Waals surface area contributed by atoms with E-state index in [0.717, 1.165) is 11.8 Å². The zero-order chi connectivity index (χ0) is 98.1. The highest BCUT2D eigenvalue weighted by Gasteiger charge is 2.39. The number of phenolic OH excluding ortho intramolecular Hbond substituents is 1. The number of phenols is 1. The topological polar surface area (TPSA) is 745 Å². The summed E-state index contributed by atoms with van der Waals surface area (Å²) in [4.78, 5) is 238. The lowest BCUT2D eigenvalue weighted by molar-refractivity contribution is -0.137. The maximum atomic E-state index is 15.2. The molecule has 5 aromatic carbocycles. The number of Topliss-reactive ketones (excluding diaryl/α,β-unsaturated/α-hetero) is 1. The Hall–Kier alpha value is -14.7. The fourth-order valence-electron chi connectivity index (χ4n) is 13.7. The van der Waals surface area contributed by atoms with Gasteiger partial charge >= 0.3 is 0 Å². The Kier molecular flexibility index (Phi) is 47.5. The van der Waals surface area contributed by atoms with Crippen molar-refractivity contribution < 1.29 is 86.6 Å². The number of thioether (sulfide) groups is 1. The second kappa shape index (κ2) is 58.0. The fraction of sp³-hybridized carbons (Fsp3) is 0.438. The number of carbonyl (C=O) groups is 17. The predicted molar refractivity (Wildman–Crippen MR) is 495 cm³/mol. The van der Waals surface area contributed by atoms with Gasteiger partial charge in [0.2, 0.25) is 94.5 Å². The number of aromatic hydroxyl groups is 1. The van der Waals surface area contributed by atoms with E-state index in [4.69, 9.17) is 56.4 Å². The number of nitrogens with two attached hydrogens (primary N) is 7. The van der Waals surface area contributed by atoms with E-state index in [9.17, 15) is 77.0 Å². The van der Waals surface area contributed by atoms with E-state index >= 15 is 9.59 Å². The third kappa shape index (κ3) is 42.6. The van der Waals surface area contributed by atoms with Gasteiger partial charge in [-0.1, -0.05) is 154 Å². The standard InChI is InChI=1S/C89H125N25O18S/c1-4-20-74(120)104-64(42-54-25-13-7-14-26-54)82(128)108-61(31-19-40-102-89(98)99)80(126)114-69(78(124)103-48-73(92)119)49-133-50-75(121)105-65(44-56-32-35-57(115)36-33-56)83(129)110-63(41-53-23-11-6-12-24-53)70(116)45-58(51(2)3)77(123)111-67(46-71(90)117)85(131)109-62(37-34-52-21-9-5-10-22-52)81(127)107-60(30-18-39-101-88(96)97)79(125)113-68(47-72(91)118)86(132)112-66(43-55-27-15-8-16-28-55)84(130)106-59(76(93)122)29-17-38-100-87(94)95/h5-16,21-28,32-33,35-36,51,58-69,115H,4,17-20,29-31,34,37-50H2,1-3H3,(H2,90,117)(H2,91,118)(H2,92,119)(H2,93,122)(H,103,124)(H,104,120)(H,105,121)(H,106,130)(H,107,127)(H,108,128)(H,109,131)(H,110,129)(H,111,123)(H,112,132)(H,113,125)(H,114,126)(H4,94,95,100)(H4,96,97,101)(H4,98,99,102)/t58?,59-,60-,61-,62?,63-,64-,65+,66-,67-,68-,69-/m0/s1. The first-order chi connectivity index (χ1) is 63.3. The van der Waals surface area contributed by atoms with Crippen LogP contribution < -0.4 is 120 Å². The predicted octanol–water partition coefficient (Wildman–Crippen LogP) is -3.98. The highest BCUT2D eigenvalue weighted by molar-refractivity contribution is 8.00. The zero-order valence-electron chi connectivity index (χ0n) is 74.5. The second-order valence-corrected chi connectivity index (χ2v) is 32.9. The number of amides is 16. The van der Waals surface area contributed by atoms with Gasteiger partial charge in [0.25, 0.3) is 0 Å². The molecule has 0 aliphatic heterocycles. The molecule has 0 heterocycles. The summed E-state index contributed by atoms with van der Waals surface area (Å²) in [5.41, 5.74) is 41.7. The molecule has 0 saturated heterocycles. The van der Waals surface area contributed by atoms with Crippen LogP contribution in [-0.2, 0) is 114 Å². The van der Waals surface area contributed by atoms with Crippen LogP contribution in [-0.4, -0.2) is 227 Å². The molecule has 0 bridgehead atoms. The molecule has 0 aromatic heterocycles. The average molecular weight is 1870 g/mol. The molecule has 133 heavy (non-hydrogen) atoms. The van der Waals surface area contributed by atoms with Gasteiger partial charge in [0.1, 0.15) is 66.2 Å². The number of hydrogen-bond donors (Lipinski definition) is 26. The van der Waals surface area contributed by atoms with Crippen molar-refractivity contribution in [1.29, 1.82) is 16.2 Å². The average Bonchev–Trinajstić information content (AvgIpc) is 0.848. The summed E-state index contributed by atoms with van der Waals surface area (Å²) < 4.78 is 0. The van der Waals surface area contributed by atoms with Crippen molar-refractivity contribution in [2.45, 2.75) is 196 Å². The maximum Gasteiger partial charge on any atom is 0.243 e. The van der Waals surface area contributed by atoms with E-state index in [1.54, 1.807) is 142 Å². The van der Waals surface area contributed by atoms with E-state index < -0.39 is 222 Å². The molecule has 43 nitrogen and oxygen atoms in total. The van der Waals surface area contributed by atoms with Crippen LogP contribution in [0.3, 0.4) is 0 Å². The Morgan fingerprint density at radius 1 is 0.338 bits per heavy atom. The summed E-state index contributed by atoms with van der Waals surface area (Å²) in [7, 11) is 0. The Morgan fingerprint density at radius 3 is 1.07 bits per heavy atom. The van der Waals surface area contributed by atoms with Gasteiger partial charge in [-0.15, -0.1) is 11.8 Å². The first-order valence-corrected chi connectivity index (χ1v) is 44.4. The Morgan fingerprint density at radius 2 is 0.669 bits per heavy atom. The van der Waals surface area contributed by atoms with Gasteiger partial charge in [-0.25, -0.2) is 0 Å². The van der Waals surface area contributed by atoms with Gasteiger partial charge in [0.05, 0.1) is 31.2 Å². The summed E-state index contributed by atoms with van der Waals surface area (Å²) in [6.45, 7) is 4.40. The zero-order valence-corrected chi connectivity index (χ0v) is 75.3. The SMILES string of the molecule is CCCC(=O)N[C@@H](Cc1ccccc1)C(=O)N[C@@H](CCCNC(=N)N)C(=O)N[C@@H](CSCC(=O)N[C@H](Cc1ccc(O)cc1)C(=O)N[C@@H](Cc1ccccc1)C(=O)CC(C(=O)N[C@@H](CC(N)=O)C(=O)NC(CCc1ccccc1)C(=O)N[C@@H](CCCNC(=N)N)C(=O)N[C@@H](CC(N)=O)C(=O)N[C@@H](Cc1ccccc1)C(=O)N[C@@H](CCCNC(=N)N)C(N)=O)C(C)C)C(=O)NCC(N)=O. The summed E-state index contributed by atoms with van der Waals surface area (Å²) in [6, 6.07) is 22.6. The summed E-state index contributed by atoms with van der Waals surface area (Å²) in [6.07, 6.45) is -2.82. The third-order valence-electron chi connectivity index (χ3n) is 20.6. The van der Waals surface area contributed by atoms with Crippen molar-refractivity contribution in [1.82, 2.24) is 79.8 Å². The molecule has 0 spiro atoms. The van der Waals surface area contributed by atoms with E-state index in [0.29, 0.717) is 34.2 Å². The molecule has 0 aliphatic carbocycles. The minimum absolute atomic E-state index is 0.0223. The molecular weight excluding hydrogens is 1740 g/mol. The molecule has 2 unspecified atom stereocenters. The van der Waals surface area contributed by atoms with Crippen LogP contribution in [0.2, 0.25) is 0 Å². The highest BCUT2D eigenvalue weighted by Crippen LogP contribution is 2.22. The molecule has 0 saturated carbocycles. The number of guanidine groups is 3. The lowest BCUT2D eigenvalue weighted by atomic mass is 9.86. The van der Waals surface area contributed by atoms with Crippen LogP contribution in [0.15, 0.2) is 146 Å². The van der Waals surface area contributed by atoms with Crippen molar-refractivity contribution >= 4 is 130 Å². The second-order valence-electron chi connectivity index (χ2n) is 31.9. The summed E-state index contributed by atoms with van der Waals surface area (Å²) >= 11 is 0.788. The number of aryl methyl sites for hydroxylation is 1. The molecular formula is C89H125N25O18S. The lowest BCUT2D eigenvalue weighted by Crippen LogP contribution is -2.60. The van der Waals surface area contributed by atoms with Crippen molar-refractivity contribution in [2.75, 3.05) is 37.7 Å². The molecule has 33 N–H and O–H groups in total. The lowest BCUT2D eigenvalue weighted by Gasteiger charge is -2.28. The summed E-state index contributed by atoms with van der Waals surface area (Å²) in [5, 5.41) is 71.8. The highest BCUT2D eigenvalue weighted by atomic mass is 32.2. The molecule has 44 heteroatoms. The molecule has 0 radical (unpaired) electrons. The molecule has 12 atom stereocenters. The van der Waals surface area contributed by atoms with Gasteiger partial charge in [-0.2, -0.15) is 0 Å². The van der Waals surface area contributed by atoms with Gasteiger partial charge < -0.3 is 125 Å². The number of hydrogen-bond acceptors (Lipinski definition) is 22. The molecule has 16 amide bonds. The van der Waals surface area contributed by atoms with Gasteiger partial charge in [0, 0.05) is 63.4 Å². The fourth-order valence-corrected chi connectivity index (χ4v) is 14.5. The number of benzene rings is 5. The van der Waals surface area contributed by atoms with Crippen molar-refractivity contribution in [3.63, 3.8) is 0 Å². The monoisotopic (exact) mass is 1860 g/mol. The van der Waals surface area contributed by atoms with Crippen molar-refractivity contribution in [2.24, 2.45) is 52.0 Å². The number of carbonyl (C=O) groups excluding carboxylic acids is 17. The van der Waals surface area contributed by atoms with Crippen molar-refractivity contribution in [3.8, 4) is 5.75 Å². The van der Waals surface area contributed by atoms with Crippen LogP contribution in [0.25, 0.3) is 0 Å². The van der Waals surface area contributed by atoms with Crippen LogP contribution >= 0.6 is 11.8 Å². The number of ketones is 1. The van der Waals surface area contributed by atoms with Gasteiger partial charge in [-0.3, -0.25) is 97.7 Å². The first-order valence-electron chi connectivity index (χ1n) is 43.3. The maximum absolute atomic E-state index is 15.2. The third-order valence-corrected chi connectivity index (χ3v) is 21.7.